The number of benzene rings is 1. The molecule has 1 atom stereocenters. The Morgan fingerprint density at radius 3 is 2.50 bits per heavy atom. The van der Waals surface area contributed by atoms with Crippen molar-refractivity contribution in [2.24, 2.45) is 0 Å². The molecule has 0 fully saturated rings. The van der Waals surface area contributed by atoms with E-state index in [4.69, 9.17) is 14.7 Å². The van der Waals surface area contributed by atoms with Gasteiger partial charge in [0.15, 0.2) is 0 Å². The van der Waals surface area contributed by atoms with Gasteiger partial charge in [0.1, 0.15) is 0 Å². The third-order valence-corrected chi connectivity index (χ3v) is 1.84. The largest absolute Gasteiger partial charge is 0.634 e. The molecule has 0 amide bonds. The van der Waals surface area contributed by atoms with Crippen LogP contribution in [0, 0.1) is 0 Å². The Balaban J connectivity index is 2.53. The first-order valence-corrected chi connectivity index (χ1v) is 4.40. The van der Waals surface area contributed by atoms with Crippen molar-refractivity contribution in [3.63, 3.8) is 0 Å². The van der Waals surface area contributed by atoms with Crippen LogP contribution in [0.25, 0.3) is 0 Å². The van der Waals surface area contributed by atoms with Crippen molar-refractivity contribution >= 4 is 7.32 Å². The molecule has 0 heterocycles. The average Bonchev–Trinajstić information content (AvgIpc) is 2.17. The van der Waals surface area contributed by atoms with Crippen LogP contribution in [0.1, 0.15) is 5.56 Å². The maximum atomic E-state index is 8.62. The standard InChI is InChI=1S/C10H13BO3/c1-2-10(14-11(12)13)8-9-6-4-3-5-7-9/h2-7,10,12-13H,1,8H2. The van der Waals surface area contributed by atoms with Crippen molar-refractivity contribution in [2.45, 2.75) is 12.5 Å². The molecule has 1 aromatic carbocycles. The fourth-order valence-electron chi connectivity index (χ4n) is 1.19. The summed E-state index contributed by atoms with van der Waals surface area (Å²) in [7, 11) is -1.75. The van der Waals surface area contributed by atoms with Gasteiger partial charge in [0.2, 0.25) is 0 Å². The molecule has 0 spiro atoms. The molecule has 1 unspecified atom stereocenters. The minimum Gasteiger partial charge on any atom is -0.402 e. The summed E-state index contributed by atoms with van der Waals surface area (Å²) in [6.45, 7) is 3.56. The van der Waals surface area contributed by atoms with Crippen molar-refractivity contribution in [3.05, 3.63) is 48.6 Å². The minimum absolute atomic E-state index is 0.377. The van der Waals surface area contributed by atoms with E-state index in [0.717, 1.165) is 5.56 Å². The lowest BCUT2D eigenvalue weighted by Gasteiger charge is -2.13. The lowest BCUT2D eigenvalue weighted by atomic mass is 10.1. The quantitative estimate of drug-likeness (QED) is 0.535. The van der Waals surface area contributed by atoms with Crippen LogP contribution in [0.5, 0.6) is 0 Å². The summed E-state index contributed by atoms with van der Waals surface area (Å²) >= 11 is 0. The molecule has 0 aromatic heterocycles. The molecule has 1 aromatic rings. The van der Waals surface area contributed by atoms with E-state index in [1.807, 2.05) is 30.3 Å². The van der Waals surface area contributed by atoms with Gasteiger partial charge in [-0.3, -0.25) is 0 Å². The monoisotopic (exact) mass is 192 g/mol. The number of rotatable bonds is 5. The van der Waals surface area contributed by atoms with E-state index < -0.39 is 7.32 Å². The Bertz CT molecular complexity index is 274. The van der Waals surface area contributed by atoms with E-state index in [9.17, 15) is 0 Å². The van der Waals surface area contributed by atoms with Gasteiger partial charge in [-0.05, 0) is 5.56 Å². The zero-order chi connectivity index (χ0) is 10.4. The Morgan fingerprint density at radius 1 is 1.36 bits per heavy atom. The van der Waals surface area contributed by atoms with Gasteiger partial charge in [0, 0.05) is 6.42 Å². The fraction of sp³-hybridized carbons (Fsp3) is 0.200. The van der Waals surface area contributed by atoms with Gasteiger partial charge in [-0.1, -0.05) is 36.4 Å². The first-order valence-electron chi connectivity index (χ1n) is 4.40. The Hall–Kier alpha value is -1.10. The zero-order valence-corrected chi connectivity index (χ0v) is 7.84. The van der Waals surface area contributed by atoms with E-state index in [1.165, 1.54) is 0 Å². The van der Waals surface area contributed by atoms with Crippen molar-refractivity contribution in [1.82, 2.24) is 0 Å². The third-order valence-electron chi connectivity index (χ3n) is 1.84. The van der Waals surface area contributed by atoms with Crippen LogP contribution in [0.2, 0.25) is 0 Å². The molecule has 1 rings (SSSR count). The highest BCUT2D eigenvalue weighted by Crippen LogP contribution is 2.06. The van der Waals surface area contributed by atoms with E-state index in [0.29, 0.717) is 6.42 Å². The molecule has 0 bridgehead atoms. The average molecular weight is 192 g/mol. The first-order chi connectivity index (χ1) is 6.72. The summed E-state index contributed by atoms with van der Waals surface area (Å²) in [5, 5.41) is 17.2. The lowest BCUT2D eigenvalue weighted by Crippen LogP contribution is -2.25. The summed E-state index contributed by atoms with van der Waals surface area (Å²) in [5.41, 5.74) is 1.07. The second-order valence-corrected chi connectivity index (χ2v) is 2.93. The van der Waals surface area contributed by atoms with E-state index in [1.54, 1.807) is 6.08 Å². The molecule has 2 N–H and O–H groups in total. The maximum absolute atomic E-state index is 8.62. The zero-order valence-electron chi connectivity index (χ0n) is 7.84. The summed E-state index contributed by atoms with van der Waals surface area (Å²) in [6.07, 6.45) is 1.76. The summed E-state index contributed by atoms with van der Waals surface area (Å²) in [4.78, 5) is 0. The Morgan fingerprint density at radius 2 is 2.00 bits per heavy atom. The summed E-state index contributed by atoms with van der Waals surface area (Å²) in [6, 6.07) is 9.66. The van der Waals surface area contributed by atoms with Crippen LogP contribution >= 0.6 is 0 Å². The molecule has 3 nitrogen and oxygen atoms in total. The van der Waals surface area contributed by atoms with Gasteiger partial charge in [-0.25, -0.2) is 0 Å². The summed E-state index contributed by atoms with van der Waals surface area (Å²) < 4.78 is 4.80. The second kappa shape index (κ2) is 5.60. The molecule has 0 aliphatic carbocycles. The van der Waals surface area contributed by atoms with Crippen molar-refractivity contribution < 1.29 is 14.7 Å². The molecule has 0 saturated carbocycles. The van der Waals surface area contributed by atoms with Gasteiger partial charge in [0.25, 0.3) is 0 Å². The van der Waals surface area contributed by atoms with Crippen molar-refractivity contribution in [3.8, 4) is 0 Å². The highest BCUT2D eigenvalue weighted by atomic mass is 16.6. The van der Waals surface area contributed by atoms with Gasteiger partial charge in [-0.15, -0.1) is 6.58 Å². The van der Waals surface area contributed by atoms with Crippen molar-refractivity contribution in [2.75, 3.05) is 0 Å². The molecule has 0 aliphatic rings. The molecule has 0 radical (unpaired) electrons. The van der Waals surface area contributed by atoms with E-state index >= 15 is 0 Å². The lowest BCUT2D eigenvalue weighted by molar-refractivity contribution is 0.147. The van der Waals surface area contributed by atoms with Crippen LogP contribution in [0.4, 0.5) is 0 Å². The van der Waals surface area contributed by atoms with Gasteiger partial charge >= 0.3 is 7.32 Å². The van der Waals surface area contributed by atoms with Crippen molar-refractivity contribution in [1.29, 1.82) is 0 Å². The molecule has 0 saturated heterocycles. The minimum atomic E-state index is -1.75. The van der Waals surface area contributed by atoms with E-state index in [2.05, 4.69) is 6.58 Å². The number of hydrogen-bond donors (Lipinski definition) is 2. The fourth-order valence-corrected chi connectivity index (χ4v) is 1.19. The molecule has 14 heavy (non-hydrogen) atoms. The van der Waals surface area contributed by atoms with Crippen LogP contribution in [-0.4, -0.2) is 23.5 Å². The van der Waals surface area contributed by atoms with Crippen LogP contribution in [-0.2, 0) is 11.1 Å². The highest BCUT2D eigenvalue weighted by Gasteiger charge is 2.15. The topological polar surface area (TPSA) is 49.7 Å². The second-order valence-electron chi connectivity index (χ2n) is 2.93. The first kappa shape index (κ1) is 11.0. The molecular formula is C10H13BO3. The van der Waals surface area contributed by atoms with Gasteiger partial charge in [-0.2, -0.15) is 0 Å². The Labute approximate surface area is 83.8 Å². The molecule has 74 valence electrons. The third kappa shape index (κ3) is 3.74. The smallest absolute Gasteiger partial charge is 0.402 e. The molecule has 0 aliphatic heterocycles. The predicted molar refractivity (Wildman–Crippen MR) is 55.4 cm³/mol. The number of hydrogen-bond acceptors (Lipinski definition) is 3. The van der Waals surface area contributed by atoms with Crippen LogP contribution < -0.4 is 0 Å². The van der Waals surface area contributed by atoms with Crippen LogP contribution in [0.3, 0.4) is 0 Å². The molecule has 4 heteroatoms. The van der Waals surface area contributed by atoms with E-state index in [-0.39, 0.29) is 6.10 Å². The van der Waals surface area contributed by atoms with Gasteiger partial charge in [0.05, 0.1) is 6.10 Å². The maximum Gasteiger partial charge on any atom is 0.634 e. The Kier molecular flexibility index (Phi) is 4.39. The highest BCUT2D eigenvalue weighted by molar-refractivity contribution is 6.32. The molecular weight excluding hydrogens is 179 g/mol. The SMILES string of the molecule is C=CC(Cc1ccccc1)OB(O)O. The summed E-state index contributed by atoms with van der Waals surface area (Å²) in [5.74, 6) is 0. The normalized spacial score (nSPS) is 12.1. The van der Waals surface area contributed by atoms with Gasteiger partial charge < -0.3 is 14.7 Å². The van der Waals surface area contributed by atoms with Crippen LogP contribution in [0.15, 0.2) is 43.0 Å². The predicted octanol–water partition coefficient (Wildman–Crippen LogP) is 0.770.